The molecule has 1 unspecified atom stereocenters. The van der Waals surface area contributed by atoms with Gasteiger partial charge in [-0.1, -0.05) is 0 Å². The van der Waals surface area contributed by atoms with Crippen molar-refractivity contribution in [3.05, 3.63) is 18.1 Å². The van der Waals surface area contributed by atoms with E-state index in [1.54, 1.807) is 17.5 Å². The first-order chi connectivity index (χ1) is 6.27. The summed E-state index contributed by atoms with van der Waals surface area (Å²) in [6, 6.07) is 0. The molecule has 5 nitrogen and oxygen atoms in total. The average Bonchev–Trinajstić information content (AvgIpc) is 2.53. The highest BCUT2D eigenvalue weighted by Gasteiger charge is 2.23. The molecule has 0 amide bonds. The number of hydroxylamine groups is 1. The summed E-state index contributed by atoms with van der Waals surface area (Å²) in [7, 11) is 0. The van der Waals surface area contributed by atoms with E-state index in [0.717, 1.165) is 5.69 Å². The molecule has 1 atom stereocenters. The van der Waals surface area contributed by atoms with E-state index in [1.807, 2.05) is 6.92 Å². The van der Waals surface area contributed by atoms with Gasteiger partial charge in [-0.15, -0.1) is 0 Å². The number of aryl methyl sites for hydroxylation is 1. The van der Waals surface area contributed by atoms with Gasteiger partial charge >= 0.3 is 0 Å². The van der Waals surface area contributed by atoms with Gasteiger partial charge < -0.3 is 5.11 Å². The lowest BCUT2D eigenvalue weighted by Gasteiger charge is -2.15. The molecule has 0 bridgehead atoms. The molecule has 70 valence electrons. The molecule has 0 saturated carbocycles. The van der Waals surface area contributed by atoms with Gasteiger partial charge in [-0.25, -0.2) is 10.0 Å². The van der Waals surface area contributed by atoms with Crippen LogP contribution in [0, 0.1) is 6.92 Å². The van der Waals surface area contributed by atoms with Crippen LogP contribution in [0.5, 0.6) is 0 Å². The molecule has 2 rings (SSSR count). The Kier molecular flexibility index (Phi) is 2.12. The number of nitrogens with zero attached hydrogens (tertiary/aromatic N) is 3. The van der Waals surface area contributed by atoms with Gasteiger partial charge in [-0.3, -0.25) is 9.82 Å². The third-order valence-corrected chi connectivity index (χ3v) is 1.89. The Morgan fingerprint density at radius 2 is 2.31 bits per heavy atom. The predicted octanol–water partition coefficient (Wildman–Crippen LogP) is -0.102. The van der Waals surface area contributed by atoms with E-state index < -0.39 is 6.10 Å². The van der Waals surface area contributed by atoms with Crippen molar-refractivity contribution in [2.75, 3.05) is 18.2 Å². The second-order valence-electron chi connectivity index (χ2n) is 2.98. The first-order valence-corrected chi connectivity index (χ1v) is 4.13. The smallest absolute Gasteiger partial charge is 0.174 e. The van der Waals surface area contributed by atoms with Crippen LogP contribution in [0.1, 0.15) is 5.69 Å². The highest BCUT2D eigenvalue weighted by molar-refractivity contribution is 5.40. The van der Waals surface area contributed by atoms with E-state index >= 15 is 0 Å². The Bertz CT molecular complexity index is 305. The van der Waals surface area contributed by atoms with Crippen molar-refractivity contribution in [3.8, 4) is 0 Å². The van der Waals surface area contributed by atoms with Crippen LogP contribution in [0.15, 0.2) is 12.4 Å². The minimum atomic E-state index is -0.429. The number of β-amino-alcohol motifs (C(OH)–C–C–N with tert-alkyl or cyclic N) is 1. The molecule has 2 heterocycles. The van der Waals surface area contributed by atoms with E-state index in [-0.39, 0.29) is 0 Å². The molecule has 5 heteroatoms. The Labute approximate surface area is 75.9 Å². The molecule has 0 aromatic carbocycles. The molecular formula is C8H11N3O2. The van der Waals surface area contributed by atoms with Crippen LogP contribution < -0.4 is 5.06 Å². The average molecular weight is 181 g/mol. The molecule has 1 aromatic rings. The van der Waals surface area contributed by atoms with E-state index in [2.05, 4.69) is 9.97 Å². The van der Waals surface area contributed by atoms with Crippen molar-refractivity contribution in [1.82, 2.24) is 9.97 Å². The summed E-state index contributed by atoms with van der Waals surface area (Å²) in [5.41, 5.74) is 0.802. The maximum absolute atomic E-state index is 9.24. The Balaban J connectivity index is 2.21. The quantitative estimate of drug-likeness (QED) is 0.655. The molecule has 0 radical (unpaired) electrons. The minimum Gasteiger partial charge on any atom is -0.389 e. The van der Waals surface area contributed by atoms with E-state index in [1.165, 1.54) is 0 Å². The number of aromatic nitrogens is 2. The molecular weight excluding hydrogens is 170 g/mol. The Morgan fingerprint density at radius 3 is 2.92 bits per heavy atom. The monoisotopic (exact) mass is 181 g/mol. The van der Waals surface area contributed by atoms with Crippen molar-refractivity contribution in [3.63, 3.8) is 0 Å². The molecule has 1 aromatic heterocycles. The van der Waals surface area contributed by atoms with E-state index in [0.29, 0.717) is 19.0 Å². The number of hydrogen-bond donors (Lipinski definition) is 1. The van der Waals surface area contributed by atoms with Crippen molar-refractivity contribution in [2.45, 2.75) is 13.0 Å². The van der Waals surface area contributed by atoms with E-state index in [4.69, 9.17) is 4.84 Å². The van der Waals surface area contributed by atoms with Crippen LogP contribution in [0.4, 0.5) is 5.82 Å². The lowest BCUT2D eigenvalue weighted by molar-refractivity contribution is 0.115. The van der Waals surface area contributed by atoms with Crippen LogP contribution in [0.3, 0.4) is 0 Å². The first kappa shape index (κ1) is 8.40. The fraction of sp³-hybridized carbons (Fsp3) is 0.500. The molecule has 0 spiro atoms. The fourth-order valence-electron chi connectivity index (χ4n) is 1.27. The van der Waals surface area contributed by atoms with Gasteiger partial charge in [0.05, 0.1) is 18.3 Å². The normalized spacial score (nSPS) is 22.3. The summed E-state index contributed by atoms with van der Waals surface area (Å²) in [4.78, 5) is 13.4. The molecule has 0 aliphatic carbocycles. The van der Waals surface area contributed by atoms with Gasteiger partial charge in [0, 0.05) is 12.4 Å². The summed E-state index contributed by atoms with van der Waals surface area (Å²) in [6.07, 6.45) is 2.81. The largest absolute Gasteiger partial charge is 0.389 e. The third kappa shape index (κ3) is 1.61. The van der Waals surface area contributed by atoms with Gasteiger partial charge in [0.15, 0.2) is 5.82 Å². The molecule has 1 fully saturated rings. The second-order valence-corrected chi connectivity index (χ2v) is 2.98. The van der Waals surface area contributed by atoms with Crippen LogP contribution in [0.2, 0.25) is 0 Å². The second kappa shape index (κ2) is 3.27. The topological polar surface area (TPSA) is 58.5 Å². The summed E-state index contributed by atoms with van der Waals surface area (Å²) in [5.74, 6) is 0.680. The lowest BCUT2D eigenvalue weighted by atomic mass is 10.4. The zero-order valence-electron chi connectivity index (χ0n) is 7.34. The molecule has 1 N–H and O–H groups in total. The number of aliphatic hydroxyl groups excluding tert-OH is 1. The predicted molar refractivity (Wildman–Crippen MR) is 46.1 cm³/mol. The van der Waals surface area contributed by atoms with Gasteiger partial charge in [-0.05, 0) is 6.92 Å². The Morgan fingerprint density at radius 1 is 1.54 bits per heavy atom. The van der Waals surface area contributed by atoms with E-state index in [9.17, 15) is 5.11 Å². The minimum absolute atomic E-state index is 0.329. The lowest BCUT2D eigenvalue weighted by Crippen LogP contribution is -2.22. The van der Waals surface area contributed by atoms with Gasteiger partial charge in [0.1, 0.15) is 6.61 Å². The van der Waals surface area contributed by atoms with Crippen LogP contribution in [-0.2, 0) is 4.84 Å². The summed E-state index contributed by atoms with van der Waals surface area (Å²) >= 11 is 0. The first-order valence-electron chi connectivity index (χ1n) is 4.13. The zero-order chi connectivity index (χ0) is 9.26. The Hall–Kier alpha value is -1.20. The van der Waals surface area contributed by atoms with Crippen molar-refractivity contribution < 1.29 is 9.94 Å². The SMILES string of the molecule is Cc1nccnc1N1CC(O)CO1. The fourth-order valence-corrected chi connectivity index (χ4v) is 1.27. The number of aliphatic hydroxyl groups is 1. The number of hydrogen-bond acceptors (Lipinski definition) is 5. The zero-order valence-corrected chi connectivity index (χ0v) is 7.34. The van der Waals surface area contributed by atoms with Crippen molar-refractivity contribution in [2.24, 2.45) is 0 Å². The maximum Gasteiger partial charge on any atom is 0.174 e. The summed E-state index contributed by atoms with van der Waals surface area (Å²) < 4.78 is 0. The standard InChI is InChI=1S/C8H11N3O2/c1-6-8(10-3-2-9-6)11-4-7(12)5-13-11/h2-3,7,12H,4-5H2,1H3. The molecule has 1 aliphatic rings. The third-order valence-electron chi connectivity index (χ3n) is 1.89. The number of anilines is 1. The molecule has 1 aliphatic heterocycles. The van der Waals surface area contributed by atoms with Gasteiger partial charge in [-0.2, -0.15) is 0 Å². The molecule has 1 saturated heterocycles. The molecule has 13 heavy (non-hydrogen) atoms. The highest BCUT2D eigenvalue weighted by atomic mass is 16.7. The van der Waals surface area contributed by atoms with Crippen LogP contribution in [-0.4, -0.2) is 34.3 Å². The van der Waals surface area contributed by atoms with Crippen molar-refractivity contribution >= 4 is 5.82 Å². The number of rotatable bonds is 1. The van der Waals surface area contributed by atoms with Crippen molar-refractivity contribution in [1.29, 1.82) is 0 Å². The van der Waals surface area contributed by atoms with Crippen LogP contribution in [0.25, 0.3) is 0 Å². The van der Waals surface area contributed by atoms with Crippen LogP contribution >= 0.6 is 0 Å². The van der Waals surface area contributed by atoms with Gasteiger partial charge in [0.25, 0.3) is 0 Å². The summed E-state index contributed by atoms with van der Waals surface area (Å²) in [5, 5.41) is 10.8. The summed E-state index contributed by atoms with van der Waals surface area (Å²) in [6.45, 7) is 2.64. The van der Waals surface area contributed by atoms with Gasteiger partial charge in [0.2, 0.25) is 0 Å². The highest BCUT2D eigenvalue weighted by Crippen LogP contribution is 2.18. The maximum atomic E-state index is 9.24.